The molecule has 0 spiro atoms. The Kier molecular flexibility index (Phi) is 2.44. The molecule has 0 saturated heterocycles. The zero-order valence-electron chi connectivity index (χ0n) is 4.96. The summed E-state index contributed by atoms with van der Waals surface area (Å²) in [5.74, 6) is -0.727. The average molecular weight is 118 g/mol. The van der Waals surface area contributed by atoms with Gasteiger partial charge in [-0.1, -0.05) is 0 Å². The molecule has 4 nitrogen and oxygen atoms in total. The van der Waals surface area contributed by atoms with Gasteiger partial charge in [0.1, 0.15) is 0 Å². The van der Waals surface area contributed by atoms with Crippen LogP contribution in [0.5, 0.6) is 0 Å². The summed E-state index contributed by atoms with van der Waals surface area (Å²) >= 11 is 0. The van der Waals surface area contributed by atoms with Crippen molar-refractivity contribution >= 4 is 5.91 Å². The van der Waals surface area contributed by atoms with Crippen LogP contribution in [-0.4, -0.2) is 36.2 Å². The number of rotatable bonds is 2. The number of carbonyl (C=O) groups excluding carboxylic acids is 1. The molecule has 1 unspecified atom stereocenters. The van der Waals surface area contributed by atoms with Gasteiger partial charge in [0.25, 0.3) is 5.91 Å². The number of nitrogens with two attached hydrogens (primary N) is 1. The van der Waals surface area contributed by atoms with E-state index in [9.17, 15) is 4.79 Å². The molecule has 0 saturated carbocycles. The largest absolute Gasteiger partial charge is 0.370 e. The Morgan fingerprint density at radius 2 is 2.12 bits per heavy atom. The molecule has 0 aromatic rings. The smallest absolute Gasteiger partial charge is 0.261 e. The first-order chi connectivity index (χ1) is 3.55. The molecule has 1 amide bonds. The van der Waals surface area contributed by atoms with E-state index in [0.717, 1.165) is 0 Å². The third-order valence-corrected chi connectivity index (χ3v) is 0.744. The highest BCUT2D eigenvalue weighted by atomic mass is 16.3. The number of carbonyl (C=O) groups is 1. The van der Waals surface area contributed by atoms with E-state index >= 15 is 0 Å². The Balaban J connectivity index is 3.64. The van der Waals surface area contributed by atoms with Crippen molar-refractivity contribution < 1.29 is 9.90 Å². The Morgan fingerprint density at radius 3 is 2.12 bits per heavy atom. The first-order valence-electron chi connectivity index (χ1n) is 2.19. The Labute approximate surface area is 47.9 Å². The van der Waals surface area contributed by atoms with Gasteiger partial charge in [-0.05, 0) is 14.1 Å². The first kappa shape index (κ1) is 7.39. The van der Waals surface area contributed by atoms with Crippen molar-refractivity contribution in [1.82, 2.24) is 4.90 Å². The molecule has 8 heavy (non-hydrogen) atoms. The molecule has 0 bridgehead atoms. The van der Waals surface area contributed by atoms with Crippen LogP contribution in [0.1, 0.15) is 0 Å². The van der Waals surface area contributed by atoms with Crippen molar-refractivity contribution in [3.05, 3.63) is 0 Å². The minimum absolute atomic E-state index is 0.727. The highest BCUT2D eigenvalue weighted by Gasteiger charge is 2.11. The fourth-order valence-electron chi connectivity index (χ4n) is 0.254. The number of primary amides is 1. The topological polar surface area (TPSA) is 66.6 Å². The van der Waals surface area contributed by atoms with Crippen LogP contribution in [-0.2, 0) is 4.79 Å². The van der Waals surface area contributed by atoms with Crippen LogP contribution >= 0.6 is 0 Å². The maximum Gasteiger partial charge on any atom is 0.261 e. The molecular weight excluding hydrogens is 108 g/mol. The second-order valence-electron chi connectivity index (χ2n) is 1.74. The standard InChI is InChI=1S/C4H10N2O2/c1-6(2)4(8)3(5)7/h4,8H,1-2H3,(H2,5,7). The van der Waals surface area contributed by atoms with Gasteiger partial charge in [-0.15, -0.1) is 0 Å². The van der Waals surface area contributed by atoms with Crippen molar-refractivity contribution in [3.8, 4) is 0 Å². The highest BCUT2D eigenvalue weighted by Crippen LogP contribution is 1.82. The fourth-order valence-corrected chi connectivity index (χ4v) is 0.254. The van der Waals surface area contributed by atoms with Gasteiger partial charge in [-0.3, -0.25) is 9.69 Å². The van der Waals surface area contributed by atoms with Gasteiger partial charge in [-0.25, -0.2) is 0 Å². The maximum absolute atomic E-state index is 10.1. The zero-order valence-corrected chi connectivity index (χ0v) is 4.96. The Morgan fingerprint density at radius 1 is 1.75 bits per heavy atom. The molecule has 0 fully saturated rings. The minimum atomic E-state index is -1.16. The third-order valence-electron chi connectivity index (χ3n) is 0.744. The third kappa shape index (κ3) is 1.90. The van der Waals surface area contributed by atoms with Gasteiger partial charge >= 0.3 is 0 Å². The van der Waals surface area contributed by atoms with E-state index in [2.05, 4.69) is 0 Å². The lowest BCUT2D eigenvalue weighted by Gasteiger charge is -2.13. The van der Waals surface area contributed by atoms with E-state index < -0.39 is 12.1 Å². The number of nitrogens with zero attached hydrogens (tertiary/aromatic N) is 1. The summed E-state index contributed by atoms with van der Waals surface area (Å²) in [6, 6.07) is 0. The maximum atomic E-state index is 10.1. The van der Waals surface area contributed by atoms with Crippen LogP contribution in [0.25, 0.3) is 0 Å². The summed E-state index contributed by atoms with van der Waals surface area (Å²) in [6.07, 6.45) is -1.16. The van der Waals surface area contributed by atoms with Gasteiger partial charge in [0.15, 0.2) is 6.23 Å². The van der Waals surface area contributed by atoms with Crippen LogP contribution in [0.2, 0.25) is 0 Å². The summed E-state index contributed by atoms with van der Waals surface area (Å²) in [5, 5.41) is 8.66. The summed E-state index contributed by atoms with van der Waals surface area (Å²) in [6.45, 7) is 0. The first-order valence-corrected chi connectivity index (χ1v) is 2.19. The van der Waals surface area contributed by atoms with Crippen LogP contribution in [0.15, 0.2) is 0 Å². The minimum Gasteiger partial charge on any atom is -0.370 e. The van der Waals surface area contributed by atoms with E-state index in [1.54, 1.807) is 14.1 Å². The number of aliphatic hydroxyl groups excluding tert-OH is 1. The van der Waals surface area contributed by atoms with E-state index in [0.29, 0.717) is 0 Å². The molecule has 0 rings (SSSR count). The van der Waals surface area contributed by atoms with Crippen molar-refractivity contribution in [2.45, 2.75) is 6.23 Å². The summed E-state index contributed by atoms with van der Waals surface area (Å²) in [5.41, 5.74) is 4.71. The van der Waals surface area contributed by atoms with E-state index in [1.165, 1.54) is 4.90 Å². The van der Waals surface area contributed by atoms with Gasteiger partial charge in [0.05, 0.1) is 0 Å². The number of amides is 1. The molecule has 1 atom stereocenters. The molecule has 4 heteroatoms. The van der Waals surface area contributed by atoms with Crippen LogP contribution < -0.4 is 5.73 Å². The monoisotopic (exact) mass is 118 g/mol. The van der Waals surface area contributed by atoms with Gasteiger partial charge < -0.3 is 10.8 Å². The molecule has 0 aromatic heterocycles. The lowest BCUT2D eigenvalue weighted by Crippen LogP contribution is -2.39. The van der Waals surface area contributed by atoms with E-state index in [1.807, 2.05) is 0 Å². The lowest BCUT2D eigenvalue weighted by molar-refractivity contribution is -0.133. The lowest BCUT2D eigenvalue weighted by atomic mass is 10.5. The Hall–Kier alpha value is -0.610. The molecule has 0 aliphatic rings. The van der Waals surface area contributed by atoms with Crippen LogP contribution in [0.3, 0.4) is 0 Å². The predicted molar refractivity (Wildman–Crippen MR) is 28.9 cm³/mol. The molecule has 0 heterocycles. The van der Waals surface area contributed by atoms with Crippen LogP contribution in [0.4, 0.5) is 0 Å². The molecule has 0 aromatic carbocycles. The van der Waals surface area contributed by atoms with Crippen molar-refractivity contribution in [3.63, 3.8) is 0 Å². The molecule has 3 N–H and O–H groups in total. The molecule has 0 radical (unpaired) electrons. The number of hydrogen-bond donors (Lipinski definition) is 2. The van der Waals surface area contributed by atoms with Gasteiger partial charge in [0.2, 0.25) is 0 Å². The summed E-state index contributed by atoms with van der Waals surface area (Å²) in [7, 11) is 3.13. The molecular formula is C4H10N2O2. The van der Waals surface area contributed by atoms with Crippen molar-refractivity contribution in [1.29, 1.82) is 0 Å². The van der Waals surface area contributed by atoms with Crippen molar-refractivity contribution in [2.24, 2.45) is 5.73 Å². The summed E-state index contributed by atoms with van der Waals surface area (Å²) in [4.78, 5) is 11.4. The SMILES string of the molecule is CN(C)C(O)C(N)=O. The average Bonchev–Trinajstić information content (AvgIpc) is 1.64. The molecule has 0 aliphatic heterocycles. The van der Waals surface area contributed by atoms with E-state index in [4.69, 9.17) is 10.8 Å². The number of hydrogen-bond acceptors (Lipinski definition) is 3. The number of likely N-dealkylation sites (N-methyl/N-ethyl adjacent to an activating group) is 1. The Bertz CT molecular complexity index is 92.0. The molecule has 48 valence electrons. The number of aliphatic hydroxyl groups is 1. The summed E-state index contributed by atoms with van der Waals surface area (Å²) < 4.78 is 0. The van der Waals surface area contributed by atoms with Crippen LogP contribution in [0, 0.1) is 0 Å². The zero-order chi connectivity index (χ0) is 6.73. The molecule has 0 aliphatic carbocycles. The predicted octanol–water partition coefficient (Wildman–Crippen LogP) is -1.65. The van der Waals surface area contributed by atoms with Gasteiger partial charge in [-0.2, -0.15) is 0 Å². The highest BCUT2D eigenvalue weighted by molar-refractivity contribution is 5.77. The quantitative estimate of drug-likeness (QED) is 0.427. The second-order valence-corrected chi connectivity index (χ2v) is 1.74. The fraction of sp³-hybridized carbons (Fsp3) is 0.750. The van der Waals surface area contributed by atoms with E-state index in [-0.39, 0.29) is 0 Å². The second kappa shape index (κ2) is 2.64. The van der Waals surface area contributed by atoms with Gasteiger partial charge in [0, 0.05) is 0 Å². The normalized spacial score (nSPS) is 14.0. The van der Waals surface area contributed by atoms with Crippen molar-refractivity contribution in [2.75, 3.05) is 14.1 Å².